The molecule has 0 bridgehead atoms. The minimum atomic E-state index is 0.527. The Morgan fingerprint density at radius 2 is 2.24 bits per heavy atom. The van der Waals surface area contributed by atoms with Crippen molar-refractivity contribution in [2.45, 2.75) is 26.7 Å². The summed E-state index contributed by atoms with van der Waals surface area (Å²) < 4.78 is 0. The van der Waals surface area contributed by atoms with Crippen LogP contribution in [-0.4, -0.2) is 31.2 Å². The maximum atomic E-state index is 4.62. The second kappa shape index (κ2) is 3.98. The van der Waals surface area contributed by atoms with E-state index in [2.05, 4.69) is 35.1 Å². The minimum Gasteiger partial charge on any atom is -0.356 e. The van der Waals surface area contributed by atoms with Gasteiger partial charge in [0.2, 0.25) is 0 Å². The molecule has 1 atom stereocenters. The molecule has 1 aromatic rings. The van der Waals surface area contributed by atoms with E-state index >= 15 is 0 Å². The Morgan fingerprint density at radius 1 is 1.35 bits per heavy atom. The van der Waals surface area contributed by atoms with Gasteiger partial charge in [0.1, 0.15) is 5.82 Å². The molecule has 3 nitrogen and oxygen atoms in total. The van der Waals surface area contributed by atoms with Gasteiger partial charge in [-0.05, 0) is 44.4 Å². The predicted octanol–water partition coefficient (Wildman–Crippen LogP) is 1.89. The van der Waals surface area contributed by atoms with Gasteiger partial charge < -0.3 is 10.2 Å². The maximum absolute atomic E-state index is 4.62. The Morgan fingerprint density at radius 3 is 2.94 bits per heavy atom. The molecule has 2 aliphatic rings. The number of aryl methyl sites for hydroxylation is 2. The number of hydrogen-bond donors (Lipinski definition) is 1. The molecule has 17 heavy (non-hydrogen) atoms. The highest BCUT2D eigenvalue weighted by atomic mass is 15.2. The normalized spacial score (nSPS) is 28.2. The van der Waals surface area contributed by atoms with Gasteiger partial charge in [-0.2, -0.15) is 0 Å². The van der Waals surface area contributed by atoms with Crippen molar-refractivity contribution < 1.29 is 0 Å². The van der Waals surface area contributed by atoms with Crippen molar-refractivity contribution in [3.05, 3.63) is 23.4 Å². The molecule has 0 saturated carbocycles. The van der Waals surface area contributed by atoms with Crippen LogP contribution in [0.15, 0.2) is 12.3 Å². The molecular formula is C14H21N3. The van der Waals surface area contributed by atoms with Gasteiger partial charge in [-0.25, -0.2) is 4.98 Å². The van der Waals surface area contributed by atoms with Crippen molar-refractivity contribution in [1.29, 1.82) is 0 Å². The van der Waals surface area contributed by atoms with Crippen LogP contribution < -0.4 is 10.2 Å². The smallest absolute Gasteiger partial charge is 0.131 e. The van der Waals surface area contributed by atoms with Crippen LogP contribution in [0.4, 0.5) is 5.82 Å². The Balaban J connectivity index is 1.82. The maximum Gasteiger partial charge on any atom is 0.131 e. The summed E-state index contributed by atoms with van der Waals surface area (Å²) in [4.78, 5) is 7.09. The van der Waals surface area contributed by atoms with E-state index in [1.165, 1.54) is 56.0 Å². The SMILES string of the molecule is Cc1cnc(N2CCC3(CCNC3)C2)c(C)c1. The van der Waals surface area contributed by atoms with Gasteiger partial charge in [-0.3, -0.25) is 0 Å². The molecule has 92 valence electrons. The van der Waals surface area contributed by atoms with Crippen molar-refractivity contribution in [2.75, 3.05) is 31.1 Å². The molecule has 1 unspecified atom stereocenters. The van der Waals surface area contributed by atoms with E-state index in [1.54, 1.807) is 0 Å². The third kappa shape index (κ3) is 1.93. The molecule has 1 N–H and O–H groups in total. The number of hydrogen-bond acceptors (Lipinski definition) is 3. The van der Waals surface area contributed by atoms with Crippen LogP contribution in [0.5, 0.6) is 0 Å². The summed E-state index contributed by atoms with van der Waals surface area (Å²) in [6.45, 7) is 9.00. The fraction of sp³-hybridized carbons (Fsp3) is 0.643. The first-order valence-electron chi connectivity index (χ1n) is 6.58. The van der Waals surface area contributed by atoms with Gasteiger partial charge in [0, 0.05) is 31.2 Å². The average molecular weight is 231 g/mol. The molecule has 3 rings (SSSR count). The average Bonchev–Trinajstić information content (AvgIpc) is 2.90. The number of rotatable bonds is 1. The van der Waals surface area contributed by atoms with Crippen LogP contribution in [0.25, 0.3) is 0 Å². The predicted molar refractivity (Wildman–Crippen MR) is 70.5 cm³/mol. The highest BCUT2D eigenvalue weighted by molar-refractivity contribution is 5.48. The number of aromatic nitrogens is 1. The Kier molecular flexibility index (Phi) is 2.58. The van der Waals surface area contributed by atoms with Gasteiger partial charge >= 0.3 is 0 Å². The molecule has 0 amide bonds. The Hall–Kier alpha value is -1.09. The summed E-state index contributed by atoms with van der Waals surface area (Å²) >= 11 is 0. The number of nitrogens with zero attached hydrogens (tertiary/aromatic N) is 2. The third-order valence-electron chi connectivity index (χ3n) is 4.26. The van der Waals surface area contributed by atoms with Gasteiger partial charge in [0.25, 0.3) is 0 Å². The van der Waals surface area contributed by atoms with Crippen LogP contribution in [-0.2, 0) is 0 Å². The molecular weight excluding hydrogens is 210 g/mol. The highest BCUT2D eigenvalue weighted by Crippen LogP contribution is 2.38. The van der Waals surface area contributed by atoms with Gasteiger partial charge in [0.15, 0.2) is 0 Å². The topological polar surface area (TPSA) is 28.2 Å². The molecule has 3 heteroatoms. The van der Waals surface area contributed by atoms with E-state index in [9.17, 15) is 0 Å². The molecule has 2 aliphatic heterocycles. The lowest BCUT2D eigenvalue weighted by Crippen LogP contribution is -2.29. The van der Waals surface area contributed by atoms with E-state index in [-0.39, 0.29) is 0 Å². The summed E-state index contributed by atoms with van der Waals surface area (Å²) in [7, 11) is 0. The van der Waals surface area contributed by atoms with E-state index in [4.69, 9.17) is 0 Å². The lowest BCUT2D eigenvalue weighted by molar-refractivity contribution is 0.369. The molecule has 2 fully saturated rings. The zero-order valence-electron chi connectivity index (χ0n) is 10.8. The third-order valence-corrected chi connectivity index (χ3v) is 4.26. The highest BCUT2D eigenvalue weighted by Gasteiger charge is 2.40. The van der Waals surface area contributed by atoms with Crippen molar-refractivity contribution in [3.8, 4) is 0 Å². The molecule has 2 saturated heterocycles. The van der Waals surface area contributed by atoms with Gasteiger partial charge in [-0.1, -0.05) is 6.07 Å². The molecule has 0 aliphatic carbocycles. The lowest BCUT2D eigenvalue weighted by Gasteiger charge is -2.24. The first-order chi connectivity index (χ1) is 8.19. The van der Waals surface area contributed by atoms with Gasteiger partial charge in [0.05, 0.1) is 0 Å². The summed E-state index contributed by atoms with van der Waals surface area (Å²) in [5.74, 6) is 1.19. The Labute approximate surface area is 103 Å². The summed E-state index contributed by atoms with van der Waals surface area (Å²) in [5.41, 5.74) is 3.09. The first-order valence-corrected chi connectivity index (χ1v) is 6.58. The zero-order chi connectivity index (χ0) is 11.9. The fourth-order valence-electron chi connectivity index (χ4n) is 3.30. The number of anilines is 1. The van der Waals surface area contributed by atoms with E-state index in [0.717, 1.165) is 0 Å². The summed E-state index contributed by atoms with van der Waals surface area (Å²) in [5, 5.41) is 3.50. The van der Waals surface area contributed by atoms with Crippen molar-refractivity contribution in [3.63, 3.8) is 0 Å². The van der Waals surface area contributed by atoms with Crippen LogP contribution >= 0.6 is 0 Å². The lowest BCUT2D eigenvalue weighted by atomic mass is 9.87. The first kappa shape index (κ1) is 11.0. The molecule has 1 aromatic heterocycles. The second-order valence-corrected chi connectivity index (χ2v) is 5.75. The van der Waals surface area contributed by atoms with E-state index in [0.29, 0.717) is 5.41 Å². The summed E-state index contributed by atoms with van der Waals surface area (Å²) in [6.07, 6.45) is 4.63. The minimum absolute atomic E-state index is 0.527. The van der Waals surface area contributed by atoms with Crippen molar-refractivity contribution in [1.82, 2.24) is 10.3 Å². The molecule has 0 aromatic carbocycles. The van der Waals surface area contributed by atoms with E-state index in [1.807, 2.05) is 6.20 Å². The fourth-order valence-corrected chi connectivity index (χ4v) is 3.30. The zero-order valence-corrected chi connectivity index (χ0v) is 10.8. The largest absolute Gasteiger partial charge is 0.356 e. The number of pyridine rings is 1. The van der Waals surface area contributed by atoms with Crippen LogP contribution in [0.1, 0.15) is 24.0 Å². The van der Waals surface area contributed by atoms with Crippen LogP contribution in [0.3, 0.4) is 0 Å². The van der Waals surface area contributed by atoms with Gasteiger partial charge in [-0.15, -0.1) is 0 Å². The van der Waals surface area contributed by atoms with Crippen LogP contribution in [0.2, 0.25) is 0 Å². The quantitative estimate of drug-likeness (QED) is 0.800. The monoisotopic (exact) mass is 231 g/mol. The standard InChI is InChI=1S/C14H21N3/c1-11-7-12(2)13(16-8-11)17-6-4-14(10-17)3-5-15-9-14/h7-8,15H,3-6,9-10H2,1-2H3. The van der Waals surface area contributed by atoms with Crippen LogP contribution in [0, 0.1) is 19.3 Å². The van der Waals surface area contributed by atoms with E-state index < -0.39 is 0 Å². The second-order valence-electron chi connectivity index (χ2n) is 5.75. The summed E-state index contributed by atoms with van der Waals surface area (Å²) in [6, 6.07) is 2.24. The molecule has 1 spiro atoms. The Bertz CT molecular complexity index is 421. The molecule has 0 radical (unpaired) electrons. The molecule has 3 heterocycles. The van der Waals surface area contributed by atoms with Crippen molar-refractivity contribution in [2.24, 2.45) is 5.41 Å². The van der Waals surface area contributed by atoms with Crippen molar-refractivity contribution >= 4 is 5.82 Å². The number of nitrogens with one attached hydrogen (secondary N) is 1.